The number of piperidine rings is 1. The molecule has 0 aromatic heterocycles. The van der Waals surface area contributed by atoms with E-state index in [9.17, 15) is 18.0 Å². The van der Waals surface area contributed by atoms with Gasteiger partial charge in [-0.2, -0.15) is 0 Å². The first-order chi connectivity index (χ1) is 14.2. The van der Waals surface area contributed by atoms with E-state index < -0.39 is 21.5 Å². The average Bonchev–Trinajstić information content (AvgIpc) is 3.16. The van der Waals surface area contributed by atoms with Gasteiger partial charge in [0.25, 0.3) is 0 Å². The quantitative estimate of drug-likeness (QED) is 0.741. The van der Waals surface area contributed by atoms with Gasteiger partial charge >= 0.3 is 0 Å². The van der Waals surface area contributed by atoms with Crippen molar-refractivity contribution in [2.45, 2.75) is 47.5 Å². The van der Waals surface area contributed by atoms with E-state index in [-0.39, 0.29) is 27.7 Å². The van der Waals surface area contributed by atoms with Crippen molar-refractivity contribution < 1.29 is 27.5 Å². The van der Waals surface area contributed by atoms with Crippen LogP contribution in [0.25, 0.3) is 0 Å². The number of rotatable bonds is 4. The van der Waals surface area contributed by atoms with Crippen molar-refractivity contribution in [1.82, 2.24) is 4.90 Å². The molecule has 2 atom stereocenters. The molecule has 2 fully saturated rings. The molecular weight excluding hydrogens is 428 g/mol. The molecular formula is C20H26N2O6S2. The maximum Gasteiger partial charge on any atom is 0.237 e. The molecule has 1 spiro atoms. The number of thioether (sulfide) groups is 1. The van der Waals surface area contributed by atoms with Gasteiger partial charge in [-0.05, 0) is 25.1 Å². The number of anilines is 1. The van der Waals surface area contributed by atoms with Gasteiger partial charge in [0, 0.05) is 36.7 Å². The summed E-state index contributed by atoms with van der Waals surface area (Å²) in [5.41, 5.74) is 0.501. The number of ether oxygens (including phenoxy) is 2. The Kier molecular flexibility index (Phi) is 5.86. The Labute approximate surface area is 180 Å². The largest absolute Gasteiger partial charge is 0.347 e. The fourth-order valence-corrected chi connectivity index (χ4v) is 6.54. The Bertz CT molecular complexity index is 948. The number of nitrogens with one attached hydrogen (secondary N) is 1. The summed E-state index contributed by atoms with van der Waals surface area (Å²) in [4.78, 5) is 27.4. The third-order valence-electron chi connectivity index (χ3n) is 5.78. The molecule has 10 heteroatoms. The topological polar surface area (TPSA) is 102 Å². The van der Waals surface area contributed by atoms with E-state index >= 15 is 0 Å². The van der Waals surface area contributed by atoms with Gasteiger partial charge in [-0.1, -0.05) is 6.92 Å². The lowest BCUT2D eigenvalue weighted by Gasteiger charge is -2.38. The summed E-state index contributed by atoms with van der Waals surface area (Å²) in [7, 11) is -3.69. The normalized spacial score (nSPS) is 24.4. The van der Waals surface area contributed by atoms with Crippen LogP contribution in [-0.4, -0.2) is 68.2 Å². The SMILES string of the molecule is CC(CS(=O)(=O)c1ccc2c(c1)NC(=O)C(C)S2)C(=O)N1CCC2(CC1)OCCO2. The van der Waals surface area contributed by atoms with Crippen molar-refractivity contribution >= 4 is 39.1 Å². The third-order valence-corrected chi connectivity index (χ3v) is 8.87. The van der Waals surface area contributed by atoms with Gasteiger partial charge in [0.1, 0.15) is 0 Å². The number of fused-ring (bicyclic) bond motifs is 1. The van der Waals surface area contributed by atoms with Crippen LogP contribution in [0, 0.1) is 5.92 Å². The van der Waals surface area contributed by atoms with Crippen molar-refractivity contribution in [3.05, 3.63) is 18.2 Å². The van der Waals surface area contributed by atoms with Gasteiger partial charge < -0.3 is 19.7 Å². The Morgan fingerprint density at radius 1 is 1.30 bits per heavy atom. The molecule has 0 saturated carbocycles. The molecule has 164 valence electrons. The van der Waals surface area contributed by atoms with Crippen LogP contribution in [0.5, 0.6) is 0 Å². The maximum atomic E-state index is 12.9. The Balaban J connectivity index is 1.41. The average molecular weight is 455 g/mol. The van der Waals surface area contributed by atoms with E-state index in [2.05, 4.69) is 5.32 Å². The lowest BCUT2D eigenvalue weighted by atomic mass is 10.0. The Hall–Kier alpha value is -1.62. The zero-order chi connectivity index (χ0) is 21.5. The van der Waals surface area contributed by atoms with Crippen LogP contribution >= 0.6 is 11.8 Å². The molecule has 2 amide bonds. The van der Waals surface area contributed by atoms with Gasteiger partial charge in [0.2, 0.25) is 11.8 Å². The van der Waals surface area contributed by atoms with Crippen molar-refractivity contribution in [3.63, 3.8) is 0 Å². The molecule has 3 aliphatic heterocycles. The Morgan fingerprint density at radius 3 is 2.63 bits per heavy atom. The molecule has 8 nitrogen and oxygen atoms in total. The molecule has 4 rings (SSSR count). The third kappa shape index (κ3) is 4.23. The van der Waals surface area contributed by atoms with Gasteiger partial charge in [-0.25, -0.2) is 8.42 Å². The van der Waals surface area contributed by atoms with Crippen molar-refractivity contribution in [1.29, 1.82) is 0 Å². The summed E-state index contributed by atoms with van der Waals surface area (Å²) >= 11 is 1.40. The molecule has 30 heavy (non-hydrogen) atoms. The number of hydrogen-bond acceptors (Lipinski definition) is 7. The maximum absolute atomic E-state index is 12.9. The second-order valence-electron chi connectivity index (χ2n) is 8.02. The minimum atomic E-state index is -3.69. The first-order valence-corrected chi connectivity index (χ1v) is 12.6. The molecule has 3 heterocycles. The van der Waals surface area contributed by atoms with E-state index in [1.165, 1.54) is 17.8 Å². The van der Waals surface area contributed by atoms with Crippen LogP contribution in [0.4, 0.5) is 5.69 Å². The highest BCUT2D eigenvalue weighted by atomic mass is 32.2. The summed E-state index contributed by atoms with van der Waals surface area (Å²) in [6.45, 7) is 5.56. The van der Waals surface area contributed by atoms with Crippen molar-refractivity contribution in [3.8, 4) is 0 Å². The van der Waals surface area contributed by atoms with Gasteiger partial charge in [0.05, 0.1) is 34.8 Å². The second kappa shape index (κ2) is 8.14. The number of likely N-dealkylation sites (tertiary alicyclic amines) is 1. The van der Waals surface area contributed by atoms with Crippen LogP contribution in [0.15, 0.2) is 28.0 Å². The van der Waals surface area contributed by atoms with E-state index in [1.807, 2.05) is 0 Å². The van der Waals surface area contributed by atoms with Gasteiger partial charge in [0.15, 0.2) is 15.6 Å². The minimum Gasteiger partial charge on any atom is -0.347 e. The van der Waals surface area contributed by atoms with Crippen LogP contribution in [0.2, 0.25) is 0 Å². The Morgan fingerprint density at radius 2 is 1.97 bits per heavy atom. The van der Waals surface area contributed by atoms with E-state index in [1.54, 1.807) is 30.9 Å². The predicted molar refractivity (Wildman–Crippen MR) is 112 cm³/mol. The fraction of sp³-hybridized carbons (Fsp3) is 0.600. The zero-order valence-electron chi connectivity index (χ0n) is 17.0. The molecule has 1 N–H and O–H groups in total. The highest BCUT2D eigenvalue weighted by Crippen LogP contribution is 2.37. The number of nitrogens with zero attached hydrogens (tertiary/aromatic N) is 1. The van der Waals surface area contributed by atoms with Crippen LogP contribution in [0.3, 0.4) is 0 Å². The van der Waals surface area contributed by atoms with Crippen molar-refractivity contribution in [2.75, 3.05) is 37.4 Å². The summed E-state index contributed by atoms with van der Waals surface area (Å²) in [5, 5.41) is 2.53. The van der Waals surface area contributed by atoms with Crippen LogP contribution in [-0.2, 0) is 28.9 Å². The minimum absolute atomic E-state index is 0.113. The number of benzene rings is 1. The molecule has 0 radical (unpaired) electrons. The standard InChI is InChI=1S/C20H26N2O6S2/c1-13(19(24)22-7-5-20(6-8-22)27-9-10-28-20)12-30(25,26)15-3-4-17-16(11-15)21-18(23)14(2)29-17/h3-4,11,13-14H,5-10,12H2,1-2H3,(H,21,23). The first kappa shape index (κ1) is 21.6. The lowest BCUT2D eigenvalue weighted by molar-refractivity contribution is -0.188. The van der Waals surface area contributed by atoms with Crippen LogP contribution < -0.4 is 5.32 Å². The molecule has 3 aliphatic rings. The van der Waals surface area contributed by atoms with Gasteiger partial charge in [-0.15, -0.1) is 11.8 Å². The number of hydrogen-bond donors (Lipinski definition) is 1. The highest BCUT2D eigenvalue weighted by Gasteiger charge is 2.41. The van der Waals surface area contributed by atoms with E-state index in [0.717, 1.165) is 4.90 Å². The highest BCUT2D eigenvalue weighted by molar-refractivity contribution is 8.01. The van der Waals surface area contributed by atoms with E-state index in [4.69, 9.17) is 9.47 Å². The summed E-state index contributed by atoms with van der Waals surface area (Å²) < 4.78 is 37.2. The molecule has 0 aliphatic carbocycles. The number of carbonyl (C=O) groups is 2. The number of amides is 2. The summed E-state index contributed by atoms with van der Waals surface area (Å²) in [6, 6.07) is 4.74. The molecule has 2 unspecified atom stereocenters. The van der Waals surface area contributed by atoms with E-state index in [0.29, 0.717) is 44.8 Å². The molecule has 2 saturated heterocycles. The second-order valence-corrected chi connectivity index (χ2v) is 11.4. The summed E-state index contributed by atoms with van der Waals surface area (Å²) in [6.07, 6.45) is 1.19. The smallest absolute Gasteiger partial charge is 0.237 e. The molecule has 1 aromatic rings. The zero-order valence-corrected chi connectivity index (χ0v) is 18.7. The van der Waals surface area contributed by atoms with Crippen LogP contribution in [0.1, 0.15) is 26.7 Å². The number of carbonyl (C=O) groups excluding carboxylic acids is 2. The predicted octanol–water partition coefficient (Wildman–Crippen LogP) is 1.89. The molecule has 0 bridgehead atoms. The fourth-order valence-electron chi connectivity index (χ4n) is 4.04. The summed E-state index contributed by atoms with van der Waals surface area (Å²) in [5.74, 6) is -1.86. The van der Waals surface area contributed by atoms with Gasteiger partial charge in [-0.3, -0.25) is 9.59 Å². The monoisotopic (exact) mass is 454 g/mol. The van der Waals surface area contributed by atoms with Crippen molar-refractivity contribution in [2.24, 2.45) is 5.92 Å². The molecule has 1 aromatic carbocycles. The first-order valence-electron chi connectivity index (χ1n) is 10.1. The number of sulfone groups is 1. The lowest BCUT2D eigenvalue weighted by Crippen LogP contribution is -2.49.